The molecule has 0 N–H and O–H groups in total. The average molecular weight is 305 g/mol. The van der Waals surface area contributed by atoms with E-state index in [0.29, 0.717) is 5.69 Å². The van der Waals surface area contributed by atoms with Crippen molar-refractivity contribution >= 4 is 6.29 Å². The van der Waals surface area contributed by atoms with Crippen LogP contribution in [0.4, 0.5) is 0 Å². The van der Waals surface area contributed by atoms with Crippen LogP contribution in [-0.2, 0) is 12.8 Å². The van der Waals surface area contributed by atoms with Gasteiger partial charge in [0.2, 0.25) is 0 Å². The molecule has 0 aliphatic heterocycles. The van der Waals surface area contributed by atoms with E-state index in [0.717, 1.165) is 41.6 Å². The second-order valence-corrected chi connectivity index (χ2v) is 5.73. The molecule has 0 unspecified atom stereocenters. The van der Waals surface area contributed by atoms with Gasteiger partial charge < -0.3 is 0 Å². The van der Waals surface area contributed by atoms with Crippen molar-refractivity contribution in [3.05, 3.63) is 76.6 Å². The zero-order chi connectivity index (χ0) is 16.2. The second-order valence-electron chi connectivity index (χ2n) is 5.73. The highest BCUT2D eigenvalue weighted by Gasteiger charge is 2.15. The molecular formula is C19H19N3O. The van der Waals surface area contributed by atoms with Gasteiger partial charge in [-0.15, -0.1) is 5.10 Å². The minimum Gasteiger partial charge on any atom is -0.296 e. The number of aldehydes is 1. The van der Waals surface area contributed by atoms with Crippen LogP contribution in [0.5, 0.6) is 0 Å². The summed E-state index contributed by atoms with van der Waals surface area (Å²) < 4.78 is 1.80. The molecular weight excluding hydrogens is 286 g/mol. The number of benzene rings is 2. The Morgan fingerprint density at radius 3 is 2.57 bits per heavy atom. The van der Waals surface area contributed by atoms with Gasteiger partial charge in [-0.2, -0.15) is 0 Å². The Kier molecular flexibility index (Phi) is 4.33. The summed E-state index contributed by atoms with van der Waals surface area (Å²) in [5, 5.41) is 8.25. The number of rotatable bonds is 5. The van der Waals surface area contributed by atoms with Crippen molar-refractivity contribution in [1.82, 2.24) is 15.0 Å². The lowest BCUT2D eigenvalue weighted by Crippen LogP contribution is -2.07. The Balaban J connectivity index is 1.97. The average Bonchev–Trinajstić information content (AvgIpc) is 2.99. The van der Waals surface area contributed by atoms with E-state index < -0.39 is 0 Å². The maximum Gasteiger partial charge on any atom is 0.172 e. The summed E-state index contributed by atoms with van der Waals surface area (Å²) in [5.74, 6) is 0. The van der Waals surface area contributed by atoms with Gasteiger partial charge in [0.15, 0.2) is 6.29 Å². The standard InChI is InChI=1S/C19H19N3O/c1-14-8-9-15(2)19(12-14)22-18(17(13-23)20-21-22)11-10-16-6-4-3-5-7-16/h3-9,12-13H,10-11H2,1-2H3. The molecule has 0 amide bonds. The summed E-state index contributed by atoms with van der Waals surface area (Å²) in [7, 11) is 0. The lowest BCUT2D eigenvalue weighted by molar-refractivity contribution is 0.111. The normalized spacial score (nSPS) is 10.7. The van der Waals surface area contributed by atoms with Crippen LogP contribution in [0, 0.1) is 13.8 Å². The van der Waals surface area contributed by atoms with Gasteiger partial charge in [-0.05, 0) is 49.4 Å². The monoisotopic (exact) mass is 305 g/mol. The summed E-state index contributed by atoms with van der Waals surface area (Å²) in [6.07, 6.45) is 2.35. The highest BCUT2D eigenvalue weighted by Crippen LogP contribution is 2.19. The van der Waals surface area contributed by atoms with Crippen LogP contribution < -0.4 is 0 Å². The van der Waals surface area contributed by atoms with E-state index in [-0.39, 0.29) is 0 Å². The van der Waals surface area contributed by atoms with Crippen molar-refractivity contribution in [2.24, 2.45) is 0 Å². The molecule has 4 nitrogen and oxygen atoms in total. The van der Waals surface area contributed by atoms with Crippen molar-refractivity contribution in [3.8, 4) is 5.69 Å². The van der Waals surface area contributed by atoms with Crippen LogP contribution in [0.3, 0.4) is 0 Å². The van der Waals surface area contributed by atoms with Gasteiger partial charge in [0.25, 0.3) is 0 Å². The molecule has 23 heavy (non-hydrogen) atoms. The van der Waals surface area contributed by atoms with E-state index >= 15 is 0 Å². The van der Waals surface area contributed by atoms with Crippen LogP contribution in [0.25, 0.3) is 5.69 Å². The van der Waals surface area contributed by atoms with Gasteiger partial charge in [0.05, 0.1) is 11.4 Å². The Morgan fingerprint density at radius 1 is 1.04 bits per heavy atom. The molecule has 0 radical (unpaired) electrons. The predicted molar refractivity (Wildman–Crippen MR) is 90.1 cm³/mol. The molecule has 0 saturated carbocycles. The first-order chi connectivity index (χ1) is 11.2. The van der Waals surface area contributed by atoms with Gasteiger partial charge in [-0.3, -0.25) is 4.79 Å². The smallest absolute Gasteiger partial charge is 0.172 e. The molecule has 2 aromatic carbocycles. The summed E-state index contributed by atoms with van der Waals surface area (Å²) in [6.45, 7) is 4.09. The van der Waals surface area contributed by atoms with E-state index in [4.69, 9.17) is 0 Å². The number of carbonyl (C=O) groups is 1. The predicted octanol–water partition coefficient (Wildman–Crippen LogP) is 3.48. The van der Waals surface area contributed by atoms with Gasteiger partial charge in [0, 0.05) is 0 Å². The van der Waals surface area contributed by atoms with Gasteiger partial charge in [-0.1, -0.05) is 47.7 Å². The third-order valence-corrected chi connectivity index (χ3v) is 3.99. The van der Waals surface area contributed by atoms with E-state index in [2.05, 4.69) is 40.6 Å². The van der Waals surface area contributed by atoms with Crippen LogP contribution in [0.2, 0.25) is 0 Å². The molecule has 1 aromatic heterocycles. The van der Waals surface area contributed by atoms with E-state index in [1.807, 2.05) is 32.0 Å². The highest BCUT2D eigenvalue weighted by atomic mass is 16.1. The lowest BCUT2D eigenvalue weighted by atomic mass is 10.1. The van der Waals surface area contributed by atoms with Crippen molar-refractivity contribution in [2.75, 3.05) is 0 Å². The van der Waals surface area contributed by atoms with Crippen molar-refractivity contribution in [1.29, 1.82) is 0 Å². The first-order valence-electron chi connectivity index (χ1n) is 7.70. The molecule has 3 rings (SSSR count). The van der Waals surface area contributed by atoms with E-state index in [1.165, 1.54) is 5.56 Å². The maximum absolute atomic E-state index is 11.3. The molecule has 0 spiro atoms. The Hall–Kier alpha value is -2.75. The molecule has 116 valence electrons. The van der Waals surface area contributed by atoms with Crippen LogP contribution in [0.1, 0.15) is 32.9 Å². The fraction of sp³-hybridized carbons (Fsp3) is 0.211. The van der Waals surface area contributed by atoms with Crippen molar-refractivity contribution in [2.45, 2.75) is 26.7 Å². The Morgan fingerprint density at radius 2 is 1.83 bits per heavy atom. The maximum atomic E-state index is 11.3. The van der Waals surface area contributed by atoms with Crippen molar-refractivity contribution < 1.29 is 4.79 Å². The summed E-state index contributed by atoms with van der Waals surface area (Å²) in [5.41, 5.74) is 5.76. The molecule has 3 aromatic rings. The van der Waals surface area contributed by atoms with Gasteiger partial charge in [0.1, 0.15) is 5.69 Å². The number of hydrogen-bond acceptors (Lipinski definition) is 3. The number of aromatic nitrogens is 3. The second kappa shape index (κ2) is 6.57. The van der Waals surface area contributed by atoms with E-state index in [1.54, 1.807) is 4.68 Å². The number of aryl methyl sites for hydroxylation is 3. The minimum absolute atomic E-state index is 0.418. The van der Waals surface area contributed by atoms with Crippen LogP contribution in [-0.4, -0.2) is 21.3 Å². The minimum atomic E-state index is 0.418. The molecule has 0 fully saturated rings. The quantitative estimate of drug-likeness (QED) is 0.678. The highest BCUT2D eigenvalue weighted by molar-refractivity contribution is 5.73. The van der Waals surface area contributed by atoms with Gasteiger partial charge in [-0.25, -0.2) is 4.68 Å². The Labute approximate surface area is 135 Å². The zero-order valence-corrected chi connectivity index (χ0v) is 13.4. The number of carbonyl (C=O) groups excluding carboxylic acids is 1. The summed E-state index contributed by atoms with van der Waals surface area (Å²) in [4.78, 5) is 11.3. The molecule has 0 saturated heterocycles. The molecule has 1 heterocycles. The Bertz CT molecular complexity index is 822. The zero-order valence-electron chi connectivity index (χ0n) is 13.4. The third kappa shape index (κ3) is 3.21. The molecule has 0 bridgehead atoms. The van der Waals surface area contributed by atoms with Crippen LogP contribution in [0.15, 0.2) is 48.5 Å². The van der Waals surface area contributed by atoms with Crippen LogP contribution >= 0.6 is 0 Å². The first kappa shape index (κ1) is 15.2. The van der Waals surface area contributed by atoms with Crippen molar-refractivity contribution in [3.63, 3.8) is 0 Å². The summed E-state index contributed by atoms with van der Waals surface area (Å²) >= 11 is 0. The summed E-state index contributed by atoms with van der Waals surface area (Å²) in [6, 6.07) is 16.4. The molecule has 0 aliphatic rings. The molecule has 0 aliphatic carbocycles. The third-order valence-electron chi connectivity index (χ3n) is 3.99. The first-order valence-corrected chi connectivity index (χ1v) is 7.70. The molecule has 0 atom stereocenters. The largest absolute Gasteiger partial charge is 0.296 e. The lowest BCUT2D eigenvalue weighted by Gasteiger charge is -2.10. The van der Waals surface area contributed by atoms with E-state index in [9.17, 15) is 4.79 Å². The number of hydrogen-bond donors (Lipinski definition) is 0. The number of nitrogens with zero attached hydrogens (tertiary/aromatic N) is 3. The van der Waals surface area contributed by atoms with Gasteiger partial charge >= 0.3 is 0 Å². The fourth-order valence-corrected chi connectivity index (χ4v) is 2.69. The molecule has 4 heteroatoms. The fourth-order valence-electron chi connectivity index (χ4n) is 2.69. The topological polar surface area (TPSA) is 47.8 Å². The SMILES string of the molecule is Cc1ccc(C)c(-n2nnc(C=O)c2CCc2ccccc2)c1.